The molecule has 0 bridgehead atoms. The second-order valence-electron chi connectivity index (χ2n) is 7.03. The van der Waals surface area contributed by atoms with Crippen molar-refractivity contribution in [1.82, 2.24) is 25.2 Å². The van der Waals surface area contributed by atoms with Gasteiger partial charge in [0.05, 0.1) is 32.6 Å². The van der Waals surface area contributed by atoms with Crippen LogP contribution in [-0.2, 0) is 11.2 Å². The number of aromatic amines is 1. The van der Waals surface area contributed by atoms with E-state index in [1.807, 2.05) is 12.1 Å². The van der Waals surface area contributed by atoms with Gasteiger partial charge in [0.25, 0.3) is 5.91 Å². The van der Waals surface area contributed by atoms with E-state index in [9.17, 15) is 9.18 Å². The summed E-state index contributed by atoms with van der Waals surface area (Å²) in [4.78, 5) is 27.4. The molecule has 1 amide bonds. The fourth-order valence-electron chi connectivity index (χ4n) is 3.80. The van der Waals surface area contributed by atoms with Crippen LogP contribution in [0.3, 0.4) is 0 Å². The zero-order chi connectivity index (χ0) is 21.5. The number of hydrogen-bond acceptors (Lipinski definition) is 6. The van der Waals surface area contributed by atoms with Gasteiger partial charge in [0.15, 0.2) is 0 Å². The fraction of sp³-hybridized carbons (Fsp3) is 0.143. The maximum Gasteiger partial charge on any atom is 0.258 e. The number of halogens is 2. The number of nitrogens with one attached hydrogen (secondary N) is 3. The van der Waals surface area contributed by atoms with E-state index in [0.717, 1.165) is 11.9 Å². The largest absolute Gasteiger partial charge is 0.349 e. The maximum absolute atomic E-state index is 14.3. The molecule has 156 valence electrons. The predicted molar refractivity (Wildman–Crippen MR) is 121 cm³/mol. The number of carbonyl (C=O) groups excluding carboxylic acids is 1. The number of fused-ring (bicyclic) bond motifs is 2. The Hall–Kier alpha value is -3.11. The molecule has 0 aliphatic carbocycles. The maximum atomic E-state index is 14.3. The fourth-order valence-corrected chi connectivity index (χ4v) is 5.27. The summed E-state index contributed by atoms with van der Waals surface area (Å²) in [5.74, 6) is -0.714. The number of nitrogens with zero attached hydrogens (tertiary/aromatic N) is 3. The van der Waals surface area contributed by atoms with Crippen LogP contribution >= 0.6 is 27.3 Å². The summed E-state index contributed by atoms with van der Waals surface area (Å²) in [6, 6.07) is 4.26. The zero-order valence-corrected chi connectivity index (χ0v) is 18.4. The molecule has 0 saturated heterocycles. The van der Waals surface area contributed by atoms with Crippen LogP contribution in [0, 0.1) is 11.2 Å². The first kappa shape index (κ1) is 19.8. The summed E-state index contributed by atoms with van der Waals surface area (Å²) in [7, 11) is 0. The van der Waals surface area contributed by atoms with Crippen molar-refractivity contribution in [3.05, 3.63) is 80.8 Å². The van der Waals surface area contributed by atoms with Crippen molar-refractivity contribution in [2.24, 2.45) is 0 Å². The third-order valence-electron chi connectivity index (χ3n) is 5.23. The molecule has 0 spiro atoms. The van der Waals surface area contributed by atoms with Gasteiger partial charge in [0.2, 0.25) is 0 Å². The topological polar surface area (TPSA) is 97.8 Å². The molecule has 2 aliphatic rings. The van der Waals surface area contributed by atoms with Gasteiger partial charge in [-0.2, -0.15) is 0 Å². The Bertz CT molecular complexity index is 1310. The number of hydrogen-bond donors (Lipinski definition) is 3. The van der Waals surface area contributed by atoms with Gasteiger partial charge in [-0.05, 0) is 40.2 Å². The molecule has 1 atom stereocenters. The van der Waals surface area contributed by atoms with Crippen molar-refractivity contribution in [1.29, 1.82) is 5.41 Å². The van der Waals surface area contributed by atoms with E-state index >= 15 is 0 Å². The number of allylic oxidation sites excluding steroid dienone is 3. The number of amides is 1. The van der Waals surface area contributed by atoms with Crippen LogP contribution in [0.15, 0.2) is 58.6 Å². The molecule has 7 nitrogen and oxygen atoms in total. The van der Waals surface area contributed by atoms with Crippen LogP contribution in [0.5, 0.6) is 0 Å². The molecule has 5 rings (SSSR count). The number of benzene rings is 1. The van der Waals surface area contributed by atoms with Gasteiger partial charge in [-0.3, -0.25) is 4.79 Å². The van der Waals surface area contributed by atoms with Gasteiger partial charge >= 0.3 is 0 Å². The number of aromatic nitrogens is 3. The number of imidazole rings is 1. The highest BCUT2D eigenvalue weighted by Gasteiger charge is 2.37. The van der Waals surface area contributed by atoms with Crippen molar-refractivity contribution in [2.75, 3.05) is 6.54 Å². The van der Waals surface area contributed by atoms with Crippen LogP contribution in [0.1, 0.15) is 22.4 Å². The highest BCUT2D eigenvalue weighted by atomic mass is 79.9. The normalized spacial score (nSPS) is 19.6. The Morgan fingerprint density at radius 2 is 2.29 bits per heavy atom. The molecule has 2 aliphatic heterocycles. The highest BCUT2D eigenvalue weighted by Crippen LogP contribution is 2.38. The van der Waals surface area contributed by atoms with Crippen LogP contribution in [0.2, 0.25) is 0 Å². The minimum absolute atomic E-state index is 0.220. The summed E-state index contributed by atoms with van der Waals surface area (Å²) in [6.45, 7) is 0.419. The zero-order valence-electron chi connectivity index (χ0n) is 16.0. The van der Waals surface area contributed by atoms with Crippen LogP contribution in [-0.4, -0.2) is 38.5 Å². The van der Waals surface area contributed by atoms with E-state index in [-0.39, 0.29) is 17.0 Å². The molecule has 4 heterocycles. The number of thiazole rings is 1. The summed E-state index contributed by atoms with van der Waals surface area (Å²) in [5, 5.41) is 11.5. The molecule has 0 saturated carbocycles. The van der Waals surface area contributed by atoms with Gasteiger partial charge in [-0.25, -0.2) is 14.4 Å². The van der Waals surface area contributed by atoms with Gasteiger partial charge in [0, 0.05) is 24.9 Å². The molecule has 31 heavy (non-hydrogen) atoms. The smallest absolute Gasteiger partial charge is 0.258 e. The average molecular weight is 499 g/mol. The third kappa shape index (κ3) is 3.41. The second-order valence-corrected chi connectivity index (χ2v) is 8.94. The minimum atomic E-state index is -0.568. The summed E-state index contributed by atoms with van der Waals surface area (Å²) in [5.41, 5.74) is 2.66. The molecular formula is C21H16BrFN6OS. The summed E-state index contributed by atoms with van der Waals surface area (Å²) in [6.07, 6.45) is 8.60. The molecular weight excluding hydrogens is 483 g/mol. The van der Waals surface area contributed by atoms with Crippen molar-refractivity contribution in [3.63, 3.8) is 0 Å². The van der Waals surface area contributed by atoms with Crippen LogP contribution in [0.25, 0.3) is 10.2 Å². The van der Waals surface area contributed by atoms with Gasteiger partial charge in [-0.15, -0.1) is 11.3 Å². The third-order valence-corrected chi connectivity index (χ3v) is 6.77. The van der Waals surface area contributed by atoms with E-state index in [4.69, 9.17) is 5.41 Å². The monoisotopic (exact) mass is 498 g/mol. The molecule has 3 N–H and O–H groups in total. The Kier molecular flexibility index (Phi) is 5.03. The molecule has 0 radical (unpaired) electrons. The van der Waals surface area contributed by atoms with Gasteiger partial charge < -0.3 is 20.6 Å². The number of dihydropyridines is 1. The SMILES string of the molecule is N=C/C(C(=O)N1CCc2[nH]cnc2[C@H]1c1nc2c(F)cccc2s1)=C1/C=CC=C(Br)N1. The highest BCUT2D eigenvalue weighted by molar-refractivity contribution is 9.11. The lowest BCUT2D eigenvalue weighted by atomic mass is 10.0. The van der Waals surface area contributed by atoms with E-state index in [1.165, 1.54) is 17.4 Å². The van der Waals surface area contributed by atoms with Crippen molar-refractivity contribution in [2.45, 2.75) is 12.5 Å². The molecule has 3 aromatic rings. The lowest BCUT2D eigenvalue weighted by molar-refractivity contribution is -0.128. The van der Waals surface area contributed by atoms with Crippen molar-refractivity contribution >= 4 is 49.6 Å². The van der Waals surface area contributed by atoms with Crippen molar-refractivity contribution < 1.29 is 9.18 Å². The first-order valence-electron chi connectivity index (χ1n) is 9.50. The van der Waals surface area contributed by atoms with E-state index < -0.39 is 11.9 Å². The average Bonchev–Trinajstić information content (AvgIpc) is 3.41. The summed E-state index contributed by atoms with van der Waals surface area (Å²) >= 11 is 4.71. The van der Waals surface area contributed by atoms with E-state index in [2.05, 4.69) is 36.2 Å². The number of H-pyrrole nitrogens is 1. The quantitative estimate of drug-likeness (QED) is 0.289. The van der Waals surface area contributed by atoms with Crippen LogP contribution < -0.4 is 5.32 Å². The molecule has 10 heteroatoms. The van der Waals surface area contributed by atoms with E-state index in [1.54, 1.807) is 29.4 Å². The lowest BCUT2D eigenvalue weighted by Gasteiger charge is -2.34. The predicted octanol–water partition coefficient (Wildman–Crippen LogP) is 3.93. The molecule has 0 unspecified atom stereocenters. The standard InChI is InChI=1S/C21H16BrFN6OS/c22-16-6-2-4-13(27-16)11(9-24)21(30)29-8-7-14-18(26-10-25-14)19(29)20-28-17-12(23)3-1-5-15(17)31-20/h1-6,9-10,19,24,27H,7-8H2,(H,25,26)/b13-11+,24-9?/t19-/m0/s1. The Morgan fingerprint density at radius 3 is 3.06 bits per heavy atom. The summed E-state index contributed by atoms with van der Waals surface area (Å²) < 4.78 is 15.7. The molecule has 0 fully saturated rings. The number of para-hydroxylation sites is 1. The van der Waals surface area contributed by atoms with Crippen LogP contribution in [0.4, 0.5) is 4.39 Å². The Morgan fingerprint density at radius 1 is 1.42 bits per heavy atom. The minimum Gasteiger partial charge on any atom is -0.349 e. The second kappa shape index (κ2) is 7.86. The van der Waals surface area contributed by atoms with Gasteiger partial charge in [0.1, 0.15) is 22.4 Å². The first-order valence-corrected chi connectivity index (χ1v) is 11.1. The lowest BCUT2D eigenvalue weighted by Crippen LogP contribution is -2.42. The van der Waals surface area contributed by atoms with Gasteiger partial charge in [-0.1, -0.05) is 12.1 Å². The van der Waals surface area contributed by atoms with E-state index in [0.29, 0.717) is 38.7 Å². The Labute approximate surface area is 189 Å². The molecule has 1 aromatic carbocycles. The number of carbonyl (C=O) groups is 1. The Balaban J connectivity index is 1.62. The van der Waals surface area contributed by atoms with Crippen molar-refractivity contribution in [3.8, 4) is 0 Å². The molecule has 2 aromatic heterocycles. The number of rotatable bonds is 3. The first-order chi connectivity index (χ1) is 15.1.